The fourth-order valence-corrected chi connectivity index (χ4v) is 4.74. The van der Waals surface area contributed by atoms with E-state index in [2.05, 4.69) is 19.9 Å². The summed E-state index contributed by atoms with van der Waals surface area (Å²) in [6.07, 6.45) is 1.88. The van der Waals surface area contributed by atoms with Crippen molar-refractivity contribution in [3.63, 3.8) is 0 Å². The molecule has 1 amide bonds. The number of nitrogens with two attached hydrogens (primary N) is 1. The Morgan fingerprint density at radius 2 is 1.84 bits per heavy atom. The molecule has 2 aromatic heterocycles. The Morgan fingerprint density at radius 3 is 2.57 bits per heavy atom. The van der Waals surface area contributed by atoms with E-state index in [1.165, 1.54) is 32.5 Å². The van der Waals surface area contributed by atoms with Crippen LogP contribution in [0, 0.1) is 12.7 Å². The highest BCUT2D eigenvalue weighted by Crippen LogP contribution is 2.41. The lowest BCUT2D eigenvalue weighted by atomic mass is 9.87. The number of rotatable bonds is 6. The largest absolute Gasteiger partial charge is 0.480 e. The first-order valence-corrected chi connectivity index (χ1v) is 11.6. The number of ether oxygens (including phenoxy) is 2. The molecule has 2 aromatic carbocycles. The number of hydrogen-bond donors (Lipinski definition) is 1. The molecular weight excluding hydrogens is 475 g/mol. The summed E-state index contributed by atoms with van der Waals surface area (Å²) in [6, 6.07) is 13.7. The van der Waals surface area contributed by atoms with E-state index < -0.39 is 11.9 Å². The van der Waals surface area contributed by atoms with E-state index in [0.29, 0.717) is 46.6 Å². The van der Waals surface area contributed by atoms with Gasteiger partial charge in [-0.1, -0.05) is 36.4 Å². The van der Waals surface area contributed by atoms with E-state index in [9.17, 15) is 9.18 Å². The van der Waals surface area contributed by atoms with Gasteiger partial charge in [0, 0.05) is 19.2 Å². The van der Waals surface area contributed by atoms with E-state index in [4.69, 9.17) is 15.2 Å². The molecule has 0 bridgehead atoms. The molecule has 188 valence electrons. The van der Waals surface area contributed by atoms with Crippen LogP contribution in [-0.2, 0) is 13.0 Å². The molecule has 0 saturated heterocycles. The quantitative estimate of drug-likeness (QED) is 0.424. The highest BCUT2D eigenvalue weighted by Gasteiger charge is 2.37. The monoisotopic (exact) mass is 500 g/mol. The average Bonchev–Trinajstić information content (AvgIpc) is 2.90. The molecule has 1 aliphatic rings. The van der Waals surface area contributed by atoms with Gasteiger partial charge in [-0.25, -0.2) is 19.3 Å². The molecule has 10 heteroatoms. The topological polar surface area (TPSA) is 116 Å². The molecule has 2 N–H and O–H groups in total. The van der Waals surface area contributed by atoms with Gasteiger partial charge >= 0.3 is 6.01 Å². The summed E-state index contributed by atoms with van der Waals surface area (Å²) < 4.78 is 25.2. The van der Waals surface area contributed by atoms with Crippen LogP contribution in [-0.4, -0.2) is 45.0 Å². The summed E-state index contributed by atoms with van der Waals surface area (Å²) >= 11 is 0. The first-order chi connectivity index (χ1) is 17.9. The van der Waals surface area contributed by atoms with Crippen LogP contribution in [0.1, 0.15) is 38.9 Å². The molecule has 0 spiro atoms. The number of amides is 1. The molecule has 0 radical (unpaired) electrons. The second-order valence-electron chi connectivity index (χ2n) is 8.64. The normalized spacial score (nSPS) is 14.9. The Bertz CT molecular complexity index is 1480. The Kier molecular flexibility index (Phi) is 6.39. The summed E-state index contributed by atoms with van der Waals surface area (Å²) in [4.78, 5) is 32.8. The minimum Gasteiger partial charge on any atom is -0.480 e. The first kappa shape index (κ1) is 24.1. The van der Waals surface area contributed by atoms with Gasteiger partial charge in [0.2, 0.25) is 11.8 Å². The highest BCUT2D eigenvalue weighted by atomic mass is 19.1. The molecule has 1 aliphatic heterocycles. The minimum absolute atomic E-state index is 0.101. The van der Waals surface area contributed by atoms with Crippen LogP contribution in [0.2, 0.25) is 0 Å². The molecule has 0 fully saturated rings. The van der Waals surface area contributed by atoms with Crippen LogP contribution in [0.15, 0.2) is 54.7 Å². The SMILES string of the molecule is COc1ncc(-c2cc(F)ccc2C2Cc3nc(N)nc(C)c3C(=O)N2Cc2ccccc2)c(OC)n1. The van der Waals surface area contributed by atoms with E-state index >= 15 is 0 Å². The molecule has 0 aliphatic carbocycles. The zero-order valence-corrected chi connectivity index (χ0v) is 20.6. The van der Waals surface area contributed by atoms with Crippen molar-refractivity contribution in [1.29, 1.82) is 0 Å². The maximum Gasteiger partial charge on any atom is 0.319 e. The number of hydrogen-bond acceptors (Lipinski definition) is 8. The van der Waals surface area contributed by atoms with E-state index in [-0.39, 0.29) is 23.7 Å². The number of carbonyl (C=O) groups excluding carboxylic acids is 1. The van der Waals surface area contributed by atoms with Crippen LogP contribution in [0.3, 0.4) is 0 Å². The summed E-state index contributed by atoms with van der Waals surface area (Å²) in [5, 5.41) is 0. The number of fused-ring (bicyclic) bond motifs is 1. The van der Waals surface area contributed by atoms with Crippen molar-refractivity contribution in [3.05, 3.63) is 88.6 Å². The lowest BCUT2D eigenvalue weighted by Gasteiger charge is -2.38. The second kappa shape index (κ2) is 9.81. The van der Waals surface area contributed by atoms with E-state index in [1.54, 1.807) is 17.9 Å². The van der Waals surface area contributed by atoms with Gasteiger partial charge in [-0.15, -0.1) is 0 Å². The predicted octanol–water partition coefficient (Wildman–Crippen LogP) is 3.92. The van der Waals surface area contributed by atoms with Crippen LogP contribution < -0.4 is 15.2 Å². The molecule has 0 saturated carbocycles. The lowest BCUT2D eigenvalue weighted by molar-refractivity contribution is 0.0625. The van der Waals surface area contributed by atoms with Crippen molar-refractivity contribution in [3.8, 4) is 23.0 Å². The Labute approximate surface area is 213 Å². The van der Waals surface area contributed by atoms with Crippen molar-refractivity contribution in [2.75, 3.05) is 20.0 Å². The molecule has 37 heavy (non-hydrogen) atoms. The minimum atomic E-state index is -0.490. The number of nitrogen functional groups attached to an aromatic ring is 1. The maximum absolute atomic E-state index is 14.6. The molecule has 1 atom stereocenters. The number of aromatic nitrogens is 4. The molecule has 9 nitrogen and oxygen atoms in total. The Hall–Kier alpha value is -4.60. The third-order valence-corrected chi connectivity index (χ3v) is 6.39. The zero-order valence-electron chi connectivity index (χ0n) is 20.6. The van der Waals surface area contributed by atoms with E-state index in [1.807, 2.05) is 30.3 Å². The van der Waals surface area contributed by atoms with Gasteiger partial charge in [0.25, 0.3) is 5.91 Å². The average molecular weight is 501 g/mol. The van der Waals surface area contributed by atoms with Crippen LogP contribution >= 0.6 is 0 Å². The predicted molar refractivity (Wildman–Crippen MR) is 134 cm³/mol. The van der Waals surface area contributed by atoms with Gasteiger partial charge in [-0.2, -0.15) is 4.98 Å². The van der Waals surface area contributed by atoms with Crippen molar-refractivity contribution in [1.82, 2.24) is 24.8 Å². The van der Waals surface area contributed by atoms with Gasteiger partial charge in [0.1, 0.15) is 5.82 Å². The Morgan fingerprint density at radius 1 is 1.05 bits per heavy atom. The van der Waals surface area contributed by atoms with Crippen molar-refractivity contribution in [2.24, 2.45) is 0 Å². The smallest absolute Gasteiger partial charge is 0.319 e. The van der Waals surface area contributed by atoms with Crippen LogP contribution in [0.5, 0.6) is 11.9 Å². The number of aryl methyl sites for hydroxylation is 1. The molecule has 4 aromatic rings. The third-order valence-electron chi connectivity index (χ3n) is 6.39. The van der Waals surface area contributed by atoms with Crippen molar-refractivity contribution in [2.45, 2.75) is 25.9 Å². The van der Waals surface area contributed by atoms with E-state index in [0.717, 1.165) is 5.56 Å². The summed E-state index contributed by atoms with van der Waals surface area (Å²) in [5.41, 5.74) is 10.1. The van der Waals surface area contributed by atoms with Gasteiger partial charge in [0.15, 0.2) is 0 Å². The maximum atomic E-state index is 14.6. The zero-order chi connectivity index (χ0) is 26.1. The van der Waals surface area contributed by atoms with Crippen molar-refractivity contribution >= 4 is 11.9 Å². The van der Waals surface area contributed by atoms with Crippen LogP contribution in [0.25, 0.3) is 11.1 Å². The number of methoxy groups -OCH3 is 2. The fraction of sp³-hybridized carbons (Fsp3) is 0.222. The van der Waals surface area contributed by atoms with Gasteiger partial charge < -0.3 is 20.1 Å². The highest BCUT2D eigenvalue weighted by molar-refractivity contribution is 5.98. The number of anilines is 1. The van der Waals surface area contributed by atoms with Gasteiger partial charge in [-0.05, 0) is 35.7 Å². The van der Waals surface area contributed by atoms with Crippen LogP contribution in [0.4, 0.5) is 10.3 Å². The van der Waals surface area contributed by atoms with Gasteiger partial charge in [-0.3, -0.25) is 4.79 Å². The third kappa shape index (κ3) is 4.53. The van der Waals surface area contributed by atoms with Crippen molar-refractivity contribution < 1.29 is 18.7 Å². The molecule has 1 unspecified atom stereocenters. The number of nitrogens with zero attached hydrogens (tertiary/aromatic N) is 5. The lowest BCUT2D eigenvalue weighted by Crippen LogP contribution is -2.41. The second-order valence-corrected chi connectivity index (χ2v) is 8.64. The standard InChI is InChI=1S/C27H25FN6O3/c1-15-23-21(32-26(29)31-15)12-22(34(25(23)35)14-16-7-5-4-6-8-16)18-10-9-17(28)11-19(18)20-13-30-27(37-3)33-24(20)36-2/h4-11,13,22H,12,14H2,1-3H3,(H2,29,31,32). The summed E-state index contributed by atoms with van der Waals surface area (Å²) in [6.45, 7) is 2.08. The molecule has 3 heterocycles. The number of benzene rings is 2. The summed E-state index contributed by atoms with van der Waals surface area (Å²) in [5.74, 6) is -0.348. The Balaban J connectivity index is 1.70. The molecule has 5 rings (SSSR count). The number of halogens is 1. The molecular formula is C27H25FN6O3. The first-order valence-electron chi connectivity index (χ1n) is 11.6. The fourth-order valence-electron chi connectivity index (χ4n) is 4.74. The number of carbonyl (C=O) groups is 1. The summed E-state index contributed by atoms with van der Waals surface area (Å²) in [7, 11) is 2.92. The van der Waals surface area contributed by atoms with Gasteiger partial charge in [0.05, 0.1) is 42.8 Å².